The molecule has 234 valence electrons. The summed E-state index contributed by atoms with van der Waals surface area (Å²) in [6.45, 7) is 6.96. The molecule has 0 unspecified atom stereocenters. The zero-order valence-electron chi connectivity index (χ0n) is 25.5. The first kappa shape index (κ1) is 31.6. The van der Waals surface area contributed by atoms with E-state index in [1.807, 2.05) is 17.9 Å². The highest BCUT2D eigenvalue weighted by Crippen LogP contribution is 2.38. The van der Waals surface area contributed by atoms with Gasteiger partial charge in [-0.05, 0) is 74.1 Å². The number of piperidine rings is 1. The van der Waals surface area contributed by atoms with Crippen molar-refractivity contribution in [1.82, 2.24) is 14.7 Å². The Morgan fingerprint density at radius 2 is 1.67 bits per heavy atom. The van der Waals surface area contributed by atoms with Gasteiger partial charge in [0.2, 0.25) is 5.91 Å². The second-order valence-corrected chi connectivity index (χ2v) is 12.9. The molecule has 0 radical (unpaired) electrons. The fourth-order valence-corrected chi connectivity index (χ4v) is 7.97. The van der Waals surface area contributed by atoms with Gasteiger partial charge in [0, 0.05) is 57.6 Å². The lowest BCUT2D eigenvalue weighted by Gasteiger charge is -2.39. The van der Waals surface area contributed by atoms with Crippen LogP contribution in [0.25, 0.3) is 0 Å². The minimum absolute atomic E-state index is 0.0590. The summed E-state index contributed by atoms with van der Waals surface area (Å²) in [7, 11) is 0. The molecule has 43 heavy (non-hydrogen) atoms. The van der Waals surface area contributed by atoms with Crippen LogP contribution in [0.1, 0.15) is 75.3 Å². The zero-order chi connectivity index (χ0) is 30.3. The highest BCUT2D eigenvalue weighted by molar-refractivity contribution is 5.76. The van der Waals surface area contributed by atoms with Crippen molar-refractivity contribution in [3.63, 3.8) is 0 Å². The Bertz CT molecular complexity index is 1210. The third-order valence-corrected chi connectivity index (χ3v) is 10.2. The lowest BCUT2D eigenvalue weighted by Crippen LogP contribution is -2.49. The number of nitrogens with zero attached hydrogens (tertiary/aromatic N) is 3. The van der Waals surface area contributed by atoms with Gasteiger partial charge in [-0.1, -0.05) is 55.7 Å². The average molecular weight is 596 g/mol. The van der Waals surface area contributed by atoms with Gasteiger partial charge in [-0.3, -0.25) is 14.5 Å². The largest absolute Gasteiger partial charge is 0.480 e. The van der Waals surface area contributed by atoms with Crippen molar-refractivity contribution in [2.75, 3.05) is 39.3 Å². The molecule has 3 aliphatic rings. The van der Waals surface area contributed by atoms with Gasteiger partial charge in [-0.25, -0.2) is 8.78 Å². The van der Waals surface area contributed by atoms with E-state index in [0.29, 0.717) is 30.4 Å². The number of benzene rings is 2. The average Bonchev–Trinajstić information content (AvgIpc) is 3.42. The third-order valence-electron chi connectivity index (χ3n) is 10.2. The standard InChI is InChI=1S/C35H47F2N3O3/c1-2-40(33(41)16-14-25-13-15-31(36)32(37)21-25)29-17-19-38(20-18-29)22-28-23-39(24-30(28)26-9-5-3-6-10-26)34(35(42)43)27-11-7-4-8-12-27/h3,5-6,9-10,13,15,21,27-30,34H,2,4,7-8,11-12,14,16-20,22-24H2,1H3,(H,42,43)/t28-,30+,34+/m0/s1. The van der Waals surface area contributed by atoms with Gasteiger partial charge in [0.15, 0.2) is 11.6 Å². The van der Waals surface area contributed by atoms with Crippen LogP contribution in [0.3, 0.4) is 0 Å². The van der Waals surface area contributed by atoms with Crippen LogP contribution >= 0.6 is 0 Å². The van der Waals surface area contributed by atoms with Gasteiger partial charge in [0.05, 0.1) is 0 Å². The molecule has 2 heterocycles. The van der Waals surface area contributed by atoms with Gasteiger partial charge in [-0.15, -0.1) is 0 Å². The fourth-order valence-electron chi connectivity index (χ4n) is 7.97. The normalized spacial score (nSPS) is 23.3. The number of amides is 1. The molecule has 5 rings (SSSR count). The summed E-state index contributed by atoms with van der Waals surface area (Å²) in [5, 5.41) is 10.3. The first-order chi connectivity index (χ1) is 20.8. The number of likely N-dealkylation sites (tertiary alicyclic amines) is 2. The molecule has 1 N–H and O–H groups in total. The van der Waals surface area contributed by atoms with E-state index >= 15 is 0 Å². The van der Waals surface area contributed by atoms with E-state index in [9.17, 15) is 23.5 Å². The Labute approximate surface area is 255 Å². The number of hydrogen-bond acceptors (Lipinski definition) is 4. The lowest BCUT2D eigenvalue weighted by molar-refractivity contribution is -0.145. The number of carbonyl (C=O) groups excluding carboxylic acids is 1. The monoisotopic (exact) mass is 595 g/mol. The van der Waals surface area contributed by atoms with Crippen molar-refractivity contribution in [3.05, 3.63) is 71.3 Å². The summed E-state index contributed by atoms with van der Waals surface area (Å²) in [4.78, 5) is 32.4. The summed E-state index contributed by atoms with van der Waals surface area (Å²) in [5.41, 5.74) is 1.92. The lowest BCUT2D eigenvalue weighted by atomic mass is 9.83. The Morgan fingerprint density at radius 3 is 2.33 bits per heavy atom. The molecule has 0 aromatic heterocycles. The van der Waals surface area contributed by atoms with Crippen molar-refractivity contribution in [3.8, 4) is 0 Å². The van der Waals surface area contributed by atoms with Crippen LogP contribution in [0.2, 0.25) is 0 Å². The number of carbonyl (C=O) groups is 2. The first-order valence-electron chi connectivity index (χ1n) is 16.3. The van der Waals surface area contributed by atoms with Gasteiger partial charge < -0.3 is 14.9 Å². The van der Waals surface area contributed by atoms with Crippen molar-refractivity contribution in [2.45, 2.75) is 82.7 Å². The molecule has 1 amide bonds. The molecule has 2 aliphatic heterocycles. The number of aryl methyl sites for hydroxylation is 1. The van der Waals surface area contributed by atoms with Crippen molar-refractivity contribution in [2.24, 2.45) is 11.8 Å². The van der Waals surface area contributed by atoms with Crippen molar-refractivity contribution < 1.29 is 23.5 Å². The molecule has 8 heteroatoms. The second kappa shape index (κ2) is 14.8. The predicted octanol–water partition coefficient (Wildman–Crippen LogP) is 5.96. The van der Waals surface area contributed by atoms with Crippen LogP contribution in [0.15, 0.2) is 48.5 Å². The molecule has 1 saturated carbocycles. The van der Waals surface area contributed by atoms with Crippen LogP contribution in [-0.4, -0.2) is 83.0 Å². The zero-order valence-corrected chi connectivity index (χ0v) is 25.5. The van der Waals surface area contributed by atoms with Crippen LogP contribution in [-0.2, 0) is 16.0 Å². The van der Waals surface area contributed by atoms with Crippen LogP contribution in [0.5, 0.6) is 0 Å². The van der Waals surface area contributed by atoms with Crippen LogP contribution in [0.4, 0.5) is 8.78 Å². The Kier molecular flexibility index (Phi) is 10.8. The molecular weight excluding hydrogens is 548 g/mol. The van der Waals surface area contributed by atoms with Gasteiger partial charge in [-0.2, -0.15) is 0 Å². The molecular formula is C35H47F2N3O3. The molecule has 2 saturated heterocycles. The maximum absolute atomic E-state index is 13.6. The third kappa shape index (κ3) is 7.82. The van der Waals surface area contributed by atoms with Gasteiger partial charge >= 0.3 is 5.97 Å². The maximum Gasteiger partial charge on any atom is 0.321 e. The minimum atomic E-state index is -0.878. The van der Waals surface area contributed by atoms with E-state index in [0.717, 1.165) is 77.3 Å². The Morgan fingerprint density at radius 1 is 0.953 bits per heavy atom. The number of hydrogen-bond donors (Lipinski definition) is 1. The van der Waals surface area contributed by atoms with Crippen LogP contribution in [0, 0.1) is 23.5 Å². The summed E-state index contributed by atoms with van der Waals surface area (Å²) >= 11 is 0. The van der Waals surface area contributed by atoms with E-state index in [1.54, 1.807) is 6.07 Å². The summed E-state index contributed by atoms with van der Waals surface area (Å²) < 4.78 is 26.9. The minimum Gasteiger partial charge on any atom is -0.480 e. The molecule has 3 atom stereocenters. The summed E-state index contributed by atoms with van der Waals surface area (Å²) in [5.74, 6) is -1.48. The molecule has 0 spiro atoms. The van der Waals surface area contributed by atoms with E-state index in [2.05, 4.69) is 34.1 Å². The summed E-state index contributed by atoms with van der Waals surface area (Å²) in [6.07, 6.45) is 7.96. The molecule has 2 aromatic rings. The first-order valence-corrected chi connectivity index (χ1v) is 16.3. The summed E-state index contributed by atoms with van der Waals surface area (Å²) in [6, 6.07) is 14.2. The SMILES string of the molecule is CCN(C(=O)CCc1ccc(F)c(F)c1)C1CCN(C[C@H]2CN([C@@H](C(=O)O)C3CCCCC3)C[C@@H]2c2ccccc2)CC1. The van der Waals surface area contributed by atoms with E-state index in [1.165, 1.54) is 18.1 Å². The molecule has 1 aliphatic carbocycles. The Balaban J connectivity index is 1.19. The molecule has 3 fully saturated rings. The predicted molar refractivity (Wildman–Crippen MR) is 164 cm³/mol. The molecule has 2 aromatic carbocycles. The van der Waals surface area contributed by atoms with Gasteiger partial charge in [0.25, 0.3) is 0 Å². The van der Waals surface area contributed by atoms with E-state index in [-0.39, 0.29) is 24.3 Å². The maximum atomic E-state index is 13.6. The van der Waals surface area contributed by atoms with Crippen molar-refractivity contribution >= 4 is 11.9 Å². The topological polar surface area (TPSA) is 64.1 Å². The highest BCUT2D eigenvalue weighted by Gasteiger charge is 2.43. The van der Waals surface area contributed by atoms with E-state index in [4.69, 9.17) is 0 Å². The van der Waals surface area contributed by atoms with Crippen molar-refractivity contribution in [1.29, 1.82) is 0 Å². The number of aliphatic carboxylic acids is 1. The van der Waals surface area contributed by atoms with Crippen LogP contribution < -0.4 is 0 Å². The number of rotatable bonds is 11. The number of carboxylic acids is 1. The quantitative estimate of drug-likeness (QED) is 0.348. The Hall–Kier alpha value is -2.84. The molecule has 6 nitrogen and oxygen atoms in total. The van der Waals surface area contributed by atoms with Gasteiger partial charge in [0.1, 0.15) is 6.04 Å². The molecule has 0 bridgehead atoms. The second-order valence-electron chi connectivity index (χ2n) is 12.9. The fraction of sp³-hybridized carbons (Fsp3) is 0.600. The van der Waals surface area contributed by atoms with E-state index < -0.39 is 23.6 Å². The number of carboxylic acid groups (broad SMARTS) is 1. The highest BCUT2D eigenvalue weighted by atomic mass is 19.2. The smallest absolute Gasteiger partial charge is 0.321 e. The number of halogens is 2.